The number of nitrogens with zero attached hydrogens (tertiary/aromatic N) is 7. The van der Waals surface area contributed by atoms with Crippen LogP contribution in [0.15, 0.2) is 96.2 Å². The molecular weight excluding hydrogens is 608 g/mol. The molecule has 0 spiro atoms. The first-order valence-corrected chi connectivity index (χ1v) is 16.6. The van der Waals surface area contributed by atoms with Crippen molar-refractivity contribution in [1.82, 2.24) is 20.4 Å². The van der Waals surface area contributed by atoms with E-state index in [2.05, 4.69) is 63.3 Å². The molecule has 0 radical (unpaired) electrons. The lowest BCUT2D eigenvalue weighted by Gasteiger charge is -2.37. The van der Waals surface area contributed by atoms with E-state index in [4.69, 9.17) is 14.2 Å². The Morgan fingerprint density at radius 1 is 0.958 bits per heavy atom. The third-order valence-electron chi connectivity index (χ3n) is 8.69. The largest absolute Gasteiger partial charge is 0.491 e. The van der Waals surface area contributed by atoms with E-state index in [1.54, 1.807) is 25.8 Å². The van der Waals surface area contributed by atoms with Crippen molar-refractivity contribution < 1.29 is 20.8 Å². The number of piperazine rings is 1. The first kappa shape index (κ1) is 34.7. The zero-order chi connectivity index (χ0) is 33.7. The highest BCUT2D eigenvalue weighted by Crippen LogP contribution is 2.28. The molecule has 12 heteroatoms. The van der Waals surface area contributed by atoms with Gasteiger partial charge in [0.2, 0.25) is 0 Å². The van der Waals surface area contributed by atoms with Crippen LogP contribution in [-0.2, 0) is 16.5 Å². The fraction of sp³-hybridized carbons (Fsp3) is 0.417. The van der Waals surface area contributed by atoms with Gasteiger partial charge in [0.25, 0.3) is 0 Å². The molecule has 4 atom stereocenters. The Morgan fingerprint density at radius 3 is 2.12 bits per heavy atom. The number of hydrogen-bond donors (Lipinski definition) is 2. The Hall–Kier alpha value is -4.65. The lowest BCUT2D eigenvalue weighted by molar-refractivity contribution is -0.0659. The third kappa shape index (κ3) is 9.93. The van der Waals surface area contributed by atoms with Gasteiger partial charge < -0.3 is 24.0 Å². The monoisotopic (exact) mass is 658 g/mol. The second-order valence-electron chi connectivity index (χ2n) is 12.0. The van der Waals surface area contributed by atoms with Crippen LogP contribution in [0.1, 0.15) is 40.5 Å². The van der Waals surface area contributed by atoms with Gasteiger partial charge in [-0.1, -0.05) is 50.6 Å². The lowest BCUT2D eigenvalue weighted by atomic mass is 10.0. The van der Waals surface area contributed by atoms with E-state index in [1.807, 2.05) is 66.7 Å². The molecular formula is C36H50N8O4. The number of nitrogens with one attached hydrogen (secondary N) is 1. The van der Waals surface area contributed by atoms with Gasteiger partial charge in [-0.05, 0) is 61.4 Å². The molecule has 3 aromatic carbocycles. The first-order valence-electron chi connectivity index (χ1n) is 16.6. The van der Waals surface area contributed by atoms with Crippen LogP contribution in [0.2, 0.25) is 0 Å². The van der Waals surface area contributed by atoms with E-state index < -0.39 is 0 Å². The second kappa shape index (κ2) is 17.5. The van der Waals surface area contributed by atoms with Gasteiger partial charge in [-0.2, -0.15) is 20.2 Å². The fourth-order valence-electron chi connectivity index (χ4n) is 5.34. The molecule has 0 saturated carbocycles. The highest BCUT2D eigenvalue weighted by Gasteiger charge is 2.27. The lowest BCUT2D eigenvalue weighted by Crippen LogP contribution is -2.46. The van der Waals surface area contributed by atoms with Crippen molar-refractivity contribution in [2.24, 2.45) is 18.0 Å². The molecule has 0 amide bonds. The molecule has 6 rings (SSSR count). The summed E-state index contributed by atoms with van der Waals surface area (Å²) in [7, 11) is 1.78. The summed E-state index contributed by atoms with van der Waals surface area (Å²) in [5, 5.41) is 18.8. The number of aryl methyl sites for hydroxylation is 1. The number of anilines is 3. The van der Waals surface area contributed by atoms with Crippen LogP contribution >= 0.6 is 0 Å². The Kier molecular flexibility index (Phi) is 12.6. The Bertz CT molecular complexity index is 1500. The first-order chi connectivity index (χ1) is 23.4. The van der Waals surface area contributed by atoms with E-state index in [-0.39, 0.29) is 19.9 Å². The quantitative estimate of drug-likeness (QED) is 0.111. The van der Waals surface area contributed by atoms with Crippen molar-refractivity contribution in [2.75, 3.05) is 54.4 Å². The van der Waals surface area contributed by atoms with Gasteiger partial charge in [-0.3, -0.25) is 15.6 Å². The average Bonchev–Trinajstić information content (AvgIpc) is 3.83. The Labute approximate surface area is 284 Å². The van der Waals surface area contributed by atoms with E-state index in [9.17, 15) is 5.21 Å². The van der Waals surface area contributed by atoms with Gasteiger partial charge in [0.1, 0.15) is 24.8 Å². The minimum absolute atomic E-state index is 0. The molecule has 3 heterocycles. The number of hydrogen-bond acceptors (Lipinski definition) is 10. The maximum Gasteiger partial charge on any atom is 0.184 e. The topological polar surface area (TPSA) is 113 Å². The second-order valence-corrected chi connectivity index (χ2v) is 12.0. The minimum Gasteiger partial charge on any atom is -0.491 e. The molecule has 0 bridgehead atoms. The summed E-state index contributed by atoms with van der Waals surface area (Å²) in [4.78, 5) is 10.7. The molecule has 2 aliphatic heterocycles. The van der Waals surface area contributed by atoms with Crippen molar-refractivity contribution in [2.45, 2.75) is 45.6 Å². The molecule has 2 saturated heterocycles. The normalized spacial score (nSPS) is 19.0. The zero-order valence-electron chi connectivity index (χ0n) is 28.3. The molecule has 2 N–H and O–H groups in total. The fourth-order valence-corrected chi connectivity index (χ4v) is 5.34. The van der Waals surface area contributed by atoms with Gasteiger partial charge in [-0.15, -0.1) is 0 Å². The van der Waals surface area contributed by atoms with Gasteiger partial charge >= 0.3 is 0 Å². The summed E-state index contributed by atoms with van der Waals surface area (Å²) in [5.41, 5.74) is 6.84. The Morgan fingerprint density at radius 2 is 1.56 bits per heavy atom. The van der Waals surface area contributed by atoms with Crippen LogP contribution in [-0.4, -0.2) is 78.1 Å². The smallest absolute Gasteiger partial charge is 0.184 e. The van der Waals surface area contributed by atoms with E-state index in [0.29, 0.717) is 24.8 Å². The molecule has 12 nitrogen and oxygen atoms in total. The van der Waals surface area contributed by atoms with Crippen LogP contribution < -0.4 is 25.1 Å². The highest BCUT2D eigenvalue weighted by atomic mass is 16.7. The molecule has 2 aliphatic rings. The van der Waals surface area contributed by atoms with Crippen LogP contribution in [0, 0.1) is 5.92 Å². The highest BCUT2D eigenvalue weighted by molar-refractivity contribution is 5.61. The SMILES string of the molecule is CCC(C)C(C)N=CNN(O)c1ccc(N2CCN(c3ccc(OC[C@@H]4CO[C@@H](c5ccccc5)O4)cc3)CC2)cc1.Cn1nccn1.[HH]. The Balaban J connectivity index is 0.000000698. The standard InChI is InChI=1S/C33H43N5O4.C3H5N3.H2/c1-4-25(2)26(3)34-24-35-38(39)30-12-10-28(11-13-30)36-18-20-37(21-19-36)29-14-16-31(17-15-29)40-22-32-23-41-33(42-32)27-8-6-5-7-9-27;1-6-4-2-3-5-6;/h5-17,24-26,32-33,39H,4,18-23H2,1-3H3,(H,34,35);2-3H,1H3;1H/t25?,26?,32-,33-;;/m1../s1. The third-order valence-corrected chi connectivity index (χ3v) is 8.69. The van der Waals surface area contributed by atoms with E-state index >= 15 is 0 Å². The summed E-state index contributed by atoms with van der Waals surface area (Å²) in [6.07, 6.45) is 5.49. The van der Waals surface area contributed by atoms with Crippen LogP contribution in [0.5, 0.6) is 5.75 Å². The number of ether oxygens (including phenoxy) is 3. The number of aromatic nitrogens is 3. The number of hydrazine groups is 1. The molecule has 0 aliphatic carbocycles. The maximum atomic E-state index is 10.3. The zero-order valence-corrected chi connectivity index (χ0v) is 28.3. The molecule has 4 aromatic rings. The maximum absolute atomic E-state index is 10.3. The minimum atomic E-state index is -0.326. The van der Waals surface area contributed by atoms with Crippen LogP contribution in [0.3, 0.4) is 0 Å². The molecule has 1 aromatic heterocycles. The van der Waals surface area contributed by atoms with E-state index in [1.165, 1.54) is 10.5 Å². The van der Waals surface area contributed by atoms with Crippen molar-refractivity contribution in [3.05, 3.63) is 96.8 Å². The molecule has 2 unspecified atom stereocenters. The number of aliphatic imine (C=N–C) groups is 1. The summed E-state index contributed by atoms with van der Waals surface area (Å²) < 4.78 is 17.8. The van der Waals surface area contributed by atoms with Crippen LogP contribution in [0.25, 0.3) is 0 Å². The van der Waals surface area contributed by atoms with Crippen molar-refractivity contribution >= 4 is 23.4 Å². The summed E-state index contributed by atoms with van der Waals surface area (Å²) >= 11 is 0. The number of benzene rings is 3. The van der Waals surface area contributed by atoms with Crippen molar-refractivity contribution in [3.63, 3.8) is 0 Å². The van der Waals surface area contributed by atoms with Gasteiger partial charge in [0, 0.05) is 51.6 Å². The van der Waals surface area contributed by atoms with E-state index in [0.717, 1.165) is 54.8 Å². The average molecular weight is 659 g/mol. The predicted molar refractivity (Wildman–Crippen MR) is 191 cm³/mol. The van der Waals surface area contributed by atoms with Crippen LogP contribution in [0.4, 0.5) is 17.1 Å². The summed E-state index contributed by atoms with van der Waals surface area (Å²) in [6.45, 7) is 11.1. The van der Waals surface area contributed by atoms with Gasteiger partial charge in [0.15, 0.2) is 6.29 Å². The van der Waals surface area contributed by atoms with Crippen molar-refractivity contribution in [3.8, 4) is 5.75 Å². The molecule has 48 heavy (non-hydrogen) atoms. The number of rotatable bonds is 12. The molecule has 258 valence electrons. The van der Waals surface area contributed by atoms with Gasteiger partial charge in [0.05, 0.1) is 30.7 Å². The van der Waals surface area contributed by atoms with Gasteiger partial charge in [-0.25, -0.2) is 0 Å². The summed E-state index contributed by atoms with van der Waals surface area (Å²) in [6, 6.07) is 26.4. The molecule has 2 fully saturated rings. The van der Waals surface area contributed by atoms with Crippen molar-refractivity contribution in [1.29, 1.82) is 0 Å². The summed E-state index contributed by atoms with van der Waals surface area (Å²) in [5.74, 6) is 1.32. The predicted octanol–water partition coefficient (Wildman–Crippen LogP) is 5.73.